The van der Waals surface area contributed by atoms with Crippen molar-refractivity contribution in [1.82, 2.24) is 0 Å². The van der Waals surface area contributed by atoms with Gasteiger partial charge in [-0.15, -0.1) is 0 Å². The van der Waals surface area contributed by atoms with Crippen molar-refractivity contribution in [2.24, 2.45) is 0 Å². The van der Waals surface area contributed by atoms with Crippen LogP contribution in [0, 0.1) is 0 Å². The van der Waals surface area contributed by atoms with Gasteiger partial charge in [-0.3, -0.25) is 13.5 Å². The van der Waals surface area contributed by atoms with Gasteiger partial charge in [0.25, 0.3) is 20.2 Å². The molecule has 113 valence electrons. The largest absolute Gasteiger partial charge is 0.298 e. The van der Waals surface area contributed by atoms with Gasteiger partial charge in [0.2, 0.25) is 0 Å². The topological polar surface area (TPSA) is 115 Å². The molecule has 10 heteroatoms. The molecular weight excluding hydrogens is 331 g/mol. The number of hydrogen-bond donors (Lipinski definition) is 1. The third kappa shape index (κ3) is 5.78. The maximum atomic E-state index is 11.8. The first-order valence-electron chi connectivity index (χ1n) is 5.68. The third-order valence-electron chi connectivity index (χ3n) is 2.41. The van der Waals surface area contributed by atoms with Crippen LogP contribution in [0.3, 0.4) is 0 Å². The molecule has 21 heavy (non-hydrogen) atoms. The number of aldehydes is 1. The Morgan fingerprint density at radius 1 is 1.24 bits per heavy atom. The van der Waals surface area contributed by atoms with Crippen molar-refractivity contribution in [1.29, 1.82) is 0 Å². The van der Waals surface area contributed by atoms with Crippen LogP contribution in [0.15, 0.2) is 28.0 Å². The van der Waals surface area contributed by atoms with E-state index >= 15 is 0 Å². The van der Waals surface area contributed by atoms with Crippen LogP contribution in [0.4, 0.5) is 0 Å². The Morgan fingerprint density at radius 2 is 1.86 bits per heavy atom. The molecule has 1 aromatic rings. The van der Waals surface area contributed by atoms with Crippen LogP contribution in [0.2, 0.25) is 0 Å². The second kappa shape index (κ2) is 8.37. The molecular formula is C11H14NaO7S2. The van der Waals surface area contributed by atoms with Crippen LogP contribution in [0.1, 0.15) is 30.1 Å². The number of carbonyl (C=O) groups excluding carboxylic acids is 1. The summed E-state index contributed by atoms with van der Waals surface area (Å²) < 4.78 is 59.5. The molecule has 0 spiro atoms. The van der Waals surface area contributed by atoms with Gasteiger partial charge in [0.15, 0.2) is 6.29 Å². The number of benzene rings is 1. The van der Waals surface area contributed by atoms with Crippen molar-refractivity contribution in [3.05, 3.63) is 23.8 Å². The smallest absolute Gasteiger partial charge is 0.297 e. The van der Waals surface area contributed by atoms with Gasteiger partial charge < -0.3 is 0 Å². The summed E-state index contributed by atoms with van der Waals surface area (Å²) in [5.41, 5.74) is -0.333. The van der Waals surface area contributed by atoms with Crippen molar-refractivity contribution >= 4 is 56.1 Å². The minimum atomic E-state index is -4.70. The molecule has 0 saturated carbocycles. The normalized spacial score (nSPS) is 11.7. The summed E-state index contributed by atoms with van der Waals surface area (Å²) in [7, 11) is -8.84. The van der Waals surface area contributed by atoms with E-state index in [2.05, 4.69) is 0 Å². The van der Waals surface area contributed by atoms with E-state index in [0.29, 0.717) is 12.5 Å². The monoisotopic (exact) mass is 345 g/mol. The van der Waals surface area contributed by atoms with Crippen molar-refractivity contribution < 1.29 is 30.4 Å². The van der Waals surface area contributed by atoms with Gasteiger partial charge in [0, 0.05) is 35.1 Å². The van der Waals surface area contributed by atoms with E-state index in [4.69, 9.17) is 8.74 Å². The quantitative estimate of drug-likeness (QED) is 0.256. The second-order valence-electron chi connectivity index (χ2n) is 3.92. The summed E-state index contributed by atoms with van der Waals surface area (Å²) in [5.74, 6) is 0. The van der Waals surface area contributed by atoms with E-state index < -0.39 is 30.0 Å². The molecule has 0 aliphatic heterocycles. The molecule has 0 fully saturated rings. The summed E-state index contributed by atoms with van der Waals surface area (Å²) >= 11 is 0. The SMILES string of the molecule is CCCCOS(=O)(=O)c1ccc(C=O)c(S(=O)(=O)O)c1.[Na]. The zero-order valence-electron chi connectivity index (χ0n) is 11.6. The number of hydrogen-bond acceptors (Lipinski definition) is 6. The Bertz CT molecular complexity index is 695. The van der Waals surface area contributed by atoms with Crippen LogP contribution in [-0.2, 0) is 24.4 Å². The Labute approximate surface area is 145 Å². The molecule has 7 nitrogen and oxygen atoms in total. The van der Waals surface area contributed by atoms with Gasteiger partial charge >= 0.3 is 0 Å². The summed E-state index contributed by atoms with van der Waals surface area (Å²) in [6, 6.07) is 2.73. The van der Waals surface area contributed by atoms with Gasteiger partial charge in [-0.2, -0.15) is 16.8 Å². The van der Waals surface area contributed by atoms with Crippen molar-refractivity contribution in [3.8, 4) is 0 Å². The van der Waals surface area contributed by atoms with E-state index in [1.165, 1.54) is 0 Å². The molecule has 0 heterocycles. The first kappa shape index (κ1) is 20.7. The van der Waals surface area contributed by atoms with Gasteiger partial charge in [-0.25, -0.2) is 0 Å². The standard InChI is InChI=1S/C11H14O7S2.Na/c1-2-3-6-18-20(16,17)10-5-4-9(8-12)11(7-10)19(13,14)15;/h4-5,7-8H,2-3,6H2,1H3,(H,13,14,15);. The van der Waals surface area contributed by atoms with Gasteiger partial charge in [-0.1, -0.05) is 13.3 Å². The molecule has 1 rings (SSSR count). The average molecular weight is 345 g/mol. The second-order valence-corrected chi connectivity index (χ2v) is 6.93. The molecule has 0 bridgehead atoms. The van der Waals surface area contributed by atoms with Crippen LogP contribution in [0.25, 0.3) is 0 Å². The first-order valence-corrected chi connectivity index (χ1v) is 8.53. The van der Waals surface area contributed by atoms with Gasteiger partial charge in [0.1, 0.15) is 4.90 Å². The predicted octanol–water partition coefficient (Wildman–Crippen LogP) is 0.870. The maximum absolute atomic E-state index is 11.8. The maximum Gasteiger partial charge on any atom is 0.297 e. The number of rotatable bonds is 7. The van der Waals surface area contributed by atoms with Gasteiger partial charge in [0.05, 0.1) is 11.5 Å². The fourth-order valence-electron chi connectivity index (χ4n) is 1.37. The Morgan fingerprint density at radius 3 is 2.33 bits per heavy atom. The molecule has 0 aliphatic carbocycles. The molecule has 1 N–H and O–H groups in total. The number of carbonyl (C=O) groups is 1. The Balaban J connectivity index is 0.00000400. The van der Waals surface area contributed by atoms with E-state index in [0.717, 1.165) is 18.6 Å². The fraction of sp³-hybridized carbons (Fsp3) is 0.364. The fourth-order valence-corrected chi connectivity index (χ4v) is 3.11. The van der Waals surface area contributed by atoms with Crippen molar-refractivity contribution in [2.75, 3.05) is 6.61 Å². The molecule has 1 aromatic carbocycles. The third-order valence-corrected chi connectivity index (χ3v) is 4.63. The molecule has 1 radical (unpaired) electrons. The minimum Gasteiger partial charge on any atom is -0.298 e. The molecule has 0 atom stereocenters. The molecule has 0 aromatic heterocycles. The van der Waals surface area contributed by atoms with Crippen LogP contribution >= 0.6 is 0 Å². The summed E-state index contributed by atoms with van der Waals surface area (Å²) in [4.78, 5) is 9.48. The predicted molar refractivity (Wildman–Crippen MR) is 75.4 cm³/mol. The van der Waals surface area contributed by atoms with E-state index in [-0.39, 0.29) is 48.0 Å². The molecule has 0 amide bonds. The van der Waals surface area contributed by atoms with Gasteiger partial charge in [-0.05, 0) is 24.6 Å². The van der Waals surface area contributed by atoms with E-state index in [1.54, 1.807) is 0 Å². The molecule has 0 saturated heterocycles. The number of unbranched alkanes of at least 4 members (excludes halogenated alkanes) is 1. The van der Waals surface area contributed by atoms with Crippen LogP contribution in [0.5, 0.6) is 0 Å². The Kier molecular flexibility index (Phi) is 8.26. The minimum absolute atomic E-state index is 0. The van der Waals surface area contributed by atoms with Crippen LogP contribution < -0.4 is 0 Å². The van der Waals surface area contributed by atoms with Crippen LogP contribution in [-0.4, -0.2) is 63.8 Å². The first-order chi connectivity index (χ1) is 9.22. The van der Waals surface area contributed by atoms with E-state index in [9.17, 15) is 21.6 Å². The Hall–Kier alpha value is -0.290. The molecule has 0 aliphatic rings. The molecule has 0 unspecified atom stereocenters. The average Bonchev–Trinajstić information content (AvgIpc) is 2.37. The zero-order chi connectivity index (χ0) is 15.4. The summed E-state index contributed by atoms with van der Waals surface area (Å²) in [6.45, 7) is 1.82. The summed E-state index contributed by atoms with van der Waals surface area (Å²) in [6.07, 6.45) is 1.46. The van der Waals surface area contributed by atoms with Crippen molar-refractivity contribution in [3.63, 3.8) is 0 Å². The van der Waals surface area contributed by atoms with E-state index in [1.807, 2.05) is 6.92 Å². The summed E-state index contributed by atoms with van der Waals surface area (Å²) in [5, 5.41) is 0. The zero-order valence-corrected chi connectivity index (χ0v) is 15.3. The van der Waals surface area contributed by atoms with Crippen molar-refractivity contribution in [2.45, 2.75) is 29.6 Å².